The zero-order valence-corrected chi connectivity index (χ0v) is 12.3. The third kappa shape index (κ3) is 4.29. The first-order valence-electron chi connectivity index (χ1n) is 7.41. The van der Waals surface area contributed by atoms with Crippen LogP contribution in [-0.4, -0.2) is 36.1 Å². The molecule has 1 aliphatic heterocycles. The number of rotatable bonds is 4. The first-order valence-corrected chi connectivity index (χ1v) is 7.41. The van der Waals surface area contributed by atoms with Gasteiger partial charge in [-0.3, -0.25) is 14.5 Å². The highest BCUT2D eigenvalue weighted by Gasteiger charge is 2.27. The van der Waals surface area contributed by atoms with Gasteiger partial charge in [0.25, 0.3) is 0 Å². The fourth-order valence-electron chi connectivity index (χ4n) is 2.58. The van der Waals surface area contributed by atoms with E-state index in [4.69, 9.17) is 5.11 Å². The summed E-state index contributed by atoms with van der Waals surface area (Å²) in [6.45, 7) is 2.46. The van der Waals surface area contributed by atoms with E-state index in [0.717, 1.165) is 37.8 Å². The number of nitrogens with one attached hydrogen (secondary N) is 1. The van der Waals surface area contributed by atoms with Crippen LogP contribution in [0.5, 0.6) is 0 Å². The van der Waals surface area contributed by atoms with Gasteiger partial charge in [0.05, 0.1) is 6.04 Å². The normalized spacial score (nSPS) is 18.8. The Bertz CT molecular complexity index is 491. The molecular weight excluding hydrogens is 268 g/mol. The average Bonchev–Trinajstić information content (AvgIpc) is 2.74. The van der Waals surface area contributed by atoms with Crippen LogP contribution in [0.15, 0.2) is 24.3 Å². The van der Waals surface area contributed by atoms with Gasteiger partial charge in [0.2, 0.25) is 5.91 Å². The number of carboxylic acid groups (broad SMARTS) is 1. The monoisotopic (exact) mass is 290 g/mol. The summed E-state index contributed by atoms with van der Waals surface area (Å²) >= 11 is 0. The Morgan fingerprint density at radius 2 is 1.95 bits per heavy atom. The summed E-state index contributed by atoms with van der Waals surface area (Å²) in [6, 6.07) is 7.09. The summed E-state index contributed by atoms with van der Waals surface area (Å²) in [5.74, 6) is -1.15. The minimum atomic E-state index is -1.00. The molecule has 0 aliphatic carbocycles. The van der Waals surface area contributed by atoms with Crippen LogP contribution < -0.4 is 10.2 Å². The summed E-state index contributed by atoms with van der Waals surface area (Å²) in [5.41, 5.74) is 1.72. The number of aryl methyl sites for hydroxylation is 1. The Kier molecular flexibility index (Phi) is 5.33. The topological polar surface area (TPSA) is 69.6 Å². The van der Waals surface area contributed by atoms with Crippen molar-refractivity contribution in [3.63, 3.8) is 0 Å². The number of carbonyl (C=O) groups excluding carboxylic acids is 1. The Morgan fingerprint density at radius 3 is 2.62 bits per heavy atom. The second kappa shape index (κ2) is 7.22. The van der Waals surface area contributed by atoms with E-state index in [-0.39, 0.29) is 18.5 Å². The highest BCUT2D eigenvalue weighted by atomic mass is 16.4. The molecule has 114 valence electrons. The first-order chi connectivity index (χ1) is 10.1. The second-order valence-corrected chi connectivity index (χ2v) is 5.51. The Labute approximate surface area is 125 Å². The molecule has 21 heavy (non-hydrogen) atoms. The molecule has 1 fully saturated rings. The number of hydrogen-bond donors (Lipinski definition) is 2. The lowest BCUT2D eigenvalue weighted by Gasteiger charge is -2.26. The molecule has 1 unspecified atom stereocenters. The molecule has 1 aromatic rings. The quantitative estimate of drug-likeness (QED) is 0.889. The molecule has 0 aromatic heterocycles. The third-order valence-electron chi connectivity index (χ3n) is 3.76. The summed E-state index contributed by atoms with van der Waals surface area (Å²) in [6.07, 6.45) is 3.94. The number of benzene rings is 1. The molecule has 1 aliphatic rings. The minimum Gasteiger partial charge on any atom is -0.480 e. The van der Waals surface area contributed by atoms with E-state index in [1.807, 2.05) is 19.1 Å². The smallest absolute Gasteiger partial charge is 0.323 e. The van der Waals surface area contributed by atoms with Gasteiger partial charge in [-0.25, -0.2) is 0 Å². The summed E-state index contributed by atoms with van der Waals surface area (Å²) in [5, 5.41) is 12.3. The lowest BCUT2D eigenvalue weighted by atomic mass is 10.1. The number of amides is 1. The molecule has 1 saturated heterocycles. The van der Waals surface area contributed by atoms with Gasteiger partial charge in [-0.15, -0.1) is 0 Å². The molecule has 2 N–H and O–H groups in total. The number of carbonyl (C=O) groups is 2. The molecule has 0 spiro atoms. The predicted molar refractivity (Wildman–Crippen MR) is 81.4 cm³/mol. The van der Waals surface area contributed by atoms with Gasteiger partial charge in [0.15, 0.2) is 0 Å². The molecule has 5 nitrogen and oxygen atoms in total. The van der Waals surface area contributed by atoms with Gasteiger partial charge in [0, 0.05) is 5.69 Å². The Morgan fingerprint density at radius 1 is 1.24 bits per heavy atom. The van der Waals surface area contributed by atoms with Gasteiger partial charge >= 0.3 is 5.97 Å². The molecule has 0 radical (unpaired) electrons. The molecule has 1 aromatic carbocycles. The fraction of sp³-hybridized carbons (Fsp3) is 0.500. The van der Waals surface area contributed by atoms with E-state index in [1.54, 1.807) is 12.1 Å². The second-order valence-electron chi connectivity index (χ2n) is 5.51. The zero-order valence-electron chi connectivity index (χ0n) is 12.3. The lowest BCUT2D eigenvalue weighted by molar-refractivity contribution is -0.136. The maximum atomic E-state index is 12.7. The largest absolute Gasteiger partial charge is 0.480 e. The van der Waals surface area contributed by atoms with Crippen molar-refractivity contribution in [3.8, 4) is 0 Å². The van der Waals surface area contributed by atoms with Gasteiger partial charge < -0.3 is 10.4 Å². The van der Waals surface area contributed by atoms with Gasteiger partial charge in [-0.05, 0) is 38.4 Å². The van der Waals surface area contributed by atoms with Crippen LogP contribution in [0, 0.1) is 6.92 Å². The molecular formula is C16H22N2O3. The molecule has 1 atom stereocenters. The van der Waals surface area contributed by atoms with Gasteiger partial charge in [0.1, 0.15) is 6.54 Å². The van der Waals surface area contributed by atoms with Crippen molar-refractivity contribution in [1.29, 1.82) is 0 Å². The van der Waals surface area contributed by atoms with E-state index in [0.29, 0.717) is 5.69 Å². The van der Waals surface area contributed by atoms with E-state index in [9.17, 15) is 9.59 Å². The van der Waals surface area contributed by atoms with E-state index in [1.165, 1.54) is 4.90 Å². The van der Waals surface area contributed by atoms with E-state index >= 15 is 0 Å². The molecule has 2 rings (SSSR count). The number of anilines is 1. The summed E-state index contributed by atoms with van der Waals surface area (Å²) < 4.78 is 0. The van der Waals surface area contributed by atoms with Crippen molar-refractivity contribution in [2.75, 3.05) is 18.0 Å². The van der Waals surface area contributed by atoms with Crippen molar-refractivity contribution in [3.05, 3.63) is 29.8 Å². The van der Waals surface area contributed by atoms with Crippen LogP contribution in [0.2, 0.25) is 0 Å². The van der Waals surface area contributed by atoms with Crippen LogP contribution in [0.3, 0.4) is 0 Å². The SMILES string of the molecule is Cc1ccc(N(CC(=O)O)C(=O)C2CCCCCN2)cc1. The van der Waals surface area contributed by atoms with E-state index in [2.05, 4.69) is 5.32 Å². The summed E-state index contributed by atoms with van der Waals surface area (Å²) in [7, 11) is 0. The molecule has 1 heterocycles. The maximum absolute atomic E-state index is 12.7. The van der Waals surface area contributed by atoms with E-state index < -0.39 is 5.97 Å². The number of hydrogen-bond acceptors (Lipinski definition) is 3. The Hall–Kier alpha value is -1.88. The summed E-state index contributed by atoms with van der Waals surface area (Å²) in [4.78, 5) is 25.1. The minimum absolute atomic E-state index is 0.150. The number of aliphatic carboxylic acids is 1. The molecule has 1 amide bonds. The van der Waals surface area contributed by atoms with Crippen LogP contribution in [-0.2, 0) is 9.59 Å². The standard InChI is InChI=1S/C16H22N2O3/c1-12-6-8-13(9-7-12)18(11-15(19)20)16(21)14-5-3-2-4-10-17-14/h6-9,14,17H,2-5,10-11H2,1H3,(H,19,20). The van der Waals surface area contributed by atoms with Crippen molar-refractivity contribution in [1.82, 2.24) is 5.32 Å². The van der Waals surface area contributed by atoms with Crippen molar-refractivity contribution < 1.29 is 14.7 Å². The highest BCUT2D eigenvalue weighted by Crippen LogP contribution is 2.18. The molecule has 0 bridgehead atoms. The van der Waals surface area contributed by atoms with Crippen molar-refractivity contribution in [2.45, 2.75) is 38.6 Å². The van der Waals surface area contributed by atoms with Crippen LogP contribution in [0.4, 0.5) is 5.69 Å². The first kappa shape index (κ1) is 15.5. The maximum Gasteiger partial charge on any atom is 0.323 e. The van der Waals surface area contributed by atoms with Crippen LogP contribution in [0.25, 0.3) is 0 Å². The van der Waals surface area contributed by atoms with Gasteiger partial charge in [-0.1, -0.05) is 30.5 Å². The van der Waals surface area contributed by atoms with Gasteiger partial charge in [-0.2, -0.15) is 0 Å². The molecule has 5 heteroatoms. The van der Waals surface area contributed by atoms with Crippen LogP contribution in [0.1, 0.15) is 31.2 Å². The molecule has 0 saturated carbocycles. The highest BCUT2D eigenvalue weighted by molar-refractivity contribution is 6.00. The fourth-order valence-corrected chi connectivity index (χ4v) is 2.58. The lowest BCUT2D eigenvalue weighted by Crippen LogP contribution is -2.48. The zero-order chi connectivity index (χ0) is 15.2. The number of nitrogens with zero attached hydrogens (tertiary/aromatic N) is 1. The third-order valence-corrected chi connectivity index (χ3v) is 3.76. The predicted octanol–water partition coefficient (Wildman–Crippen LogP) is 1.94. The van der Waals surface area contributed by atoms with Crippen LogP contribution >= 0.6 is 0 Å². The van der Waals surface area contributed by atoms with Crippen molar-refractivity contribution in [2.24, 2.45) is 0 Å². The average molecular weight is 290 g/mol. The number of carboxylic acids is 1. The van der Waals surface area contributed by atoms with Crippen molar-refractivity contribution >= 4 is 17.6 Å². The Balaban J connectivity index is 2.19.